The van der Waals surface area contributed by atoms with E-state index in [0.717, 1.165) is 30.5 Å². The van der Waals surface area contributed by atoms with Crippen LogP contribution in [0.4, 0.5) is 5.69 Å². The van der Waals surface area contributed by atoms with Gasteiger partial charge < -0.3 is 4.90 Å². The first kappa shape index (κ1) is 16.1. The van der Waals surface area contributed by atoms with Crippen LogP contribution in [0.2, 0.25) is 0 Å². The van der Waals surface area contributed by atoms with Gasteiger partial charge in [0.05, 0.1) is 4.90 Å². The minimum atomic E-state index is -3.48. The van der Waals surface area contributed by atoms with E-state index >= 15 is 0 Å². The molecule has 0 unspecified atom stereocenters. The summed E-state index contributed by atoms with van der Waals surface area (Å²) >= 11 is 0. The van der Waals surface area contributed by atoms with Crippen molar-refractivity contribution in [1.29, 1.82) is 0 Å². The molecule has 0 spiro atoms. The zero-order chi connectivity index (χ0) is 16.9. The quantitative estimate of drug-likeness (QED) is 0.909. The van der Waals surface area contributed by atoms with Gasteiger partial charge in [0.25, 0.3) is 0 Å². The summed E-state index contributed by atoms with van der Waals surface area (Å²) in [4.78, 5) is 14.0. The van der Waals surface area contributed by atoms with Crippen molar-refractivity contribution in [2.45, 2.75) is 56.4 Å². The summed E-state index contributed by atoms with van der Waals surface area (Å²) in [6, 6.07) is 5.26. The Labute approximate surface area is 143 Å². The largest absolute Gasteiger partial charge is 0.312 e. The monoisotopic (exact) mass is 348 g/mol. The molecule has 1 aromatic carbocycles. The van der Waals surface area contributed by atoms with Crippen LogP contribution in [-0.2, 0) is 21.2 Å². The Balaban J connectivity index is 1.55. The molecular weight excluding hydrogens is 324 g/mol. The van der Waals surface area contributed by atoms with Crippen molar-refractivity contribution in [2.24, 2.45) is 11.8 Å². The molecule has 3 aliphatic rings. The molecule has 0 aromatic heterocycles. The molecule has 5 nitrogen and oxygen atoms in total. The Kier molecular flexibility index (Phi) is 3.92. The summed E-state index contributed by atoms with van der Waals surface area (Å²) in [5.74, 6) is 1.30. The Bertz CT molecular complexity index is 774. The topological polar surface area (TPSA) is 66.5 Å². The molecule has 2 fully saturated rings. The van der Waals surface area contributed by atoms with Gasteiger partial charge in [-0.25, -0.2) is 13.1 Å². The highest BCUT2D eigenvalue weighted by Crippen LogP contribution is 2.45. The molecule has 1 aliphatic heterocycles. The molecule has 0 radical (unpaired) electrons. The lowest BCUT2D eigenvalue weighted by Gasteiger charge is -2.23. The highest BCUT2D eigenvalue weighted by Gasteiger charge is 2.41. The van der Waals surface area contributed by atoms with Gasteiger partial charge >= 0.3 is 0 Å². The minimum absolute atomic E-state index is 0.0875. The van der Waals surface area contributed by atoms with Gasteiger partial charge in [-0.1, -0.05) is 13.3 Å². The summed E-state index contributed by atoms with van der Waals surface area (Å²) in [5.41, 5.74) is 1.81. The van der Waals surface area contributed by atoms with Crippen LogP contribution in [0.5, 0.6) is 0 Å². The molecule has 4 rings (SSSR count). The first-order valence-electron chi connectivity index (χ1n) is 8.93. The van der Waals surface area contributed by atoms with Gasteiger partial charge in [-0.3, -0.25) is 4.79 Å². The predicted octanol–water partition coefficient (Wildman–Crippen LogP) is 2.45. The Morgan fingerprint density at radius 2 is 2.12 bits per heavy atom. The molecule has 1 N–H and O–H groups in total. The van der Waals surface area contributed by atoms with E-state index in [1.807, 2.05) is 6.92 Å². The normalized spacial score (nSPS) is 28.4. The second-order valence-corrected chi connectivity index (χ2v) is 9.06. The summed E-state index contributed by atoms with van der Waals surface area (Å²) in [7, 11) is -3.48. The molecule has 24 heavy (non-hydrogen) atoms. The number of benzene rings is 1. The third kappa shape index (κ3) is 2.65. The summed E-state index contributed by atoms with van der Waals surface area (Å²) < 4.78 is 28.4. The van der Waals surface area contributed by atoms with Gasteiger partial charge in [-0.2, -0.15) is 0 Å². The summed E-state index contributed by atoms with van der Waals surface area (Å²) in [6.07, 6.45) is 5.74. The maximum atomic E-state index is 12.7. The molecule has 3 atom stereocenters. The first-order chi connectivity index (χ1) is 11.5. The lowest BCUT2D eigenvalue weighted by molar-refractivity contribution is -0.118. The number of carbonyl (C=O) groups is 1. The van der Waals surface area contributed by atoms with Crippen molar-refractivity contribution in [1.82, 2.24) is 4.72 Å². The van der Waals surface area contributed by atoms with E-state index in [1.165, 1.54) is 12.8 Å². The fraction of sp³-hybridized carbons (Fsp3) is 0.611. The number of hydrogen-bond acceptors (Lipinski definition) is 3. The van der Waals surface area contributed by atoms with Crippen LogP contribution in [0.1, 0.15) is 44.6 Å². The van der Waals surface area contributed by atoms with E-state index in [-0.39, 0.29) is 11.9 Å². The third-order valence-electron chi connectivity index (χ3n) is 5.90. The number of anilines is 1. The number of hydrogen-bond donors (Lipinski definition) is 1. The maximum absolute atomic E-state index is 12.7. The van der Waals surface area contributed by atoms with E-state index < -0.39 is 10.0 Å². The van der Waals surface area contributed by atoms with Crippen molar-refractivity contribution in [2.75, 3.05) is 11.4 Å². The average molecular weight is 348 g/mol. The standard InChI is InChI=1S/C18H24N2O3S/c1-2-18(21)20-8-7-14-11-15(5-6-17(14)20)24(22,23)19-16-10-12-3-4-13(16)9-12/h5-6,11-13,16,19H,2-4,7-10H2,1H3/t12-,13-,16+/m0/s1. The number of rotatable bonds is 4. The molecule has 1 heterocycles. The fourth-order valence-corrected chi connectivity index (χ4v) is 6.02. The van der Waals surface area contributed by atoms with Gasteiger partial charge in [0, 0.05) is 24.7 Å². The van der Waals surface area contributed by atoms with Gasteiger partial charge in [0.1, 0.15) is 0 Å². The van der Waals surface area contributed by atoms with Gasteiger partial charge in [-0.05, 0) is 61.3 Å². The molecule has 2 aliphatic carbocycles. The number of carbonyl (C=O) groups excluding carboxylic acids is 1. The molecule has 2 saturated carbocycles. The number of nitrogens with zero attached hydrogens (tertiary/aromatic N) is 1. The van der Waals surface area contributed by atoms with Crippen LogP contribution in [0.15, 0.2) is 23.1 Å². The highest BCUT2D eigenvalue weighted by molar-refractivity contribution is 7.89. The van der Waals surface area contributed by atoms with Crippen molar-refractivity contribution < 1.29 is 13.2 Å². The highest BCUT2D eigenvalue weighted by atomic mass is 32.2. The van der Waals surface area contributed by atoms with Crippen LogP contribution < -0.4 is 9.62 Å². The number of amides is 1. The molecule has 0 saturated heterocycles. The zero-order valence-electron chi connectivity index (χ0n) is 14.0. The Hall–Kier alpha value is -1.40. The van der Waals surface area contributed by atoms with Crippen molar-refractivity contribution in [3.05, 3.63) is 23.8 Å². The van der Waals surface area contributed by atoms with Crippen molar-refractivity contribution >= 4 is 21.6 Å². The van der Waals surface area contributed by atoms with Crippen molar-refractivity contribution in [3.8, 4) is 0 Å². The second-order valence-electron chi connectivity index (χ2n) is 7.34. The van der Waals surface area contributed by atoms with Gasteiger partial charge in [-0.15, -0.1) is 0 Å². The van der Waals surface area contributed by atoms with E-state index in [1.54, 1.807) is 23.1 Å². The smallest absolute Gasteiger partial charge is 0.240 e. The number of nitrogens with one attached hydrogen (secondary N) is 1. The molecule has 1 aromatic rings. The van der Waals surface area contributed by atoms with Gasteiger partial charge in [0.2, 0.25) is 15.9 Å². The SMILES string of the molecule is CCC(=O)N1CCc2cc(S(=O)(=O)N[C@@H]3C[C@H]4CC[C@H]3C4)ccc21. The molecular formula is C18H24N2O3S. The zero-order valence-corrected chi connectivity index (χ0v) is 14.8. The van der Waals surface area contributed by atoms with E-state index in [0.29, 0.717) is 29.7 Å². The third-order valence-corrected chi connectivity index (χ3v) is 7.39. The van der Waals surface area contributed by atoms with Crippen LogP contribution >= 0.6 is 0 Å². The summed E-state index contributed by atoms with van der Waals surface area (Å²) in [6.45, 7) is 2.49. The second kappa shape index (κ2) is 5.85. The van der Waals surface area contributed by atoms with Crippen LogP contribution in [0.25, 0.3) is 0 Å². The first-order valence-corrected chi connectivity index (χ1v) is 10.4. The average Bonchev–Trinajstić information content (AvgIpc) is 3.27. The van der Waals surface area contributed by atoms with Gasteiger partial charge in [0.15, 0.2) is 0 Å². The number of sulfonamides is 1. The fourth-order valence-electron chi connectivity index (χ4n) is 4.65. The lowest BCUT2D eigenvalue weighted by Crippen LogP contribution is -2.38. The predicted molar refractivity (Wildman–Crippen MR) is 92.3 cm³/mol. The van der Waals surface area contributed by atoms with Crippen LogP contribution in [0, 0.1) is 11.8 Å². The van der Waals surface area contributed by atoms with E-state index in [4.69, 9.17) is 0 Å². The maximum Gasteiger partial charge on any atom is 0.240 e. The van der Waals surface area contributed by atoms with Crippen LogP contribution in [-0.4, -0.2) is 26.9 Å². The Morgan fingerprint density at radius 3 is 2.79 bits per heavy atom. The van der Waals surface area contributed by atoms with E-state index in [2.05, 4.69) is 4.72 Å². The Morgan fingerprint density at radius 1 is 1.29 bits per heavy atom. The molecule has 2 bridgehead atoms. The molecule has 6 heteroatoms. The number of fused-ring (bicyclic) bond motifs is 3. The molecule has 1 amide bonds. The summed E-state index contributed by atoms with van der Waals surface area (Å²) in [5, 5.41) is 0. The van der Waals surface area contributed by atoms with Crippen molar-refractivity contribution in [3.63, 3.8) is 0 Å². The van der Waals surface area contributed by atoms with Crippen LogP contribution in [0.3, 0.4) is 0 Å². The molecule has 130 valence electrons. The lowest BCUT2D eigenvalue weighted by atomic mass is 9.96. The van der Waals surface area contributed by atoms with E-state index in [9.17, 15) is 13.2 Å². The minimum Gasteiger partial charge on any atom is -0.312 e.